The van der Waals surface area contributed by atoms with Crippen LogP contribution in [0.25, 0.3) is 0 Å². The van der Waals surface area contributed by atoms with Crippen LogP contribution in [0.4, 0.5) is 0 Å². The Hall–Kier alpha value is -2.29. The smallest absolute Gasteiger partial charge is 0.306 e. The van der Waals surface area contributed by atoms with Crippen LogP contribution in [0.15, 0.2) is 60.8 Å². The number of phosphoric ester groups is 1. The number of quaternary nitrogens is 1. The monoisotopic (exact) mass is 737 g/mol. The molecular weight excluding hydrogens is 665 g/mol. The van der Waals surface area contributed by atoms with Crippen LogP contribution < -0.4 is 4.89 Å². The molecule has 0 saturated carbocycles. The zero-order chi connectivity index (χ0) is 37.9. The lowest BCUT2D eigenvalue weighted by atomic mass is 10.1. The van der Waals surface area contributed by atoms with Crippen molar-refractivity contribution in [2.75, 3.05) is 47.5 Å². The minimum atomic E-state index is -4.63. The minimum Gasteiger partial charge on any atom is -0.756 e. The van der Waals surface area contributed by atoms with Crippen LogP contribution in [-0.2, 0) is 32.7 Å². The number of ether oxygens (including phenoxy) is 2. The van der Waals surface area contributed by atoms with Crippen molar-refractivity contribution in [2.24, 2.45) is 0 Å². The lowest BCUT2D eigenvalue weighted by molar-refractivity contribution is -0.870. The van der Waals surface area contributed by atoms with E-state index in [1.165, 1.54) is 6.42 Å². The highest BCUT2D eigenvalue weighted by Crippen LogP contribution is 2.38. The summed E-state index contributed by atoms with van der Waals surface area (Å²) >= 11 is 0. The number of rotatable bonds is 34. The number of carbonyl (C=O) groups excluding carboxylic acids is 2. The molecule has 51 heavy (non-hydrogen) atoms. The molecule has 0 amide bonds. The summed E-state index contributed by atoms with van der Waals surface area (Å²) in [6.45, 7) is 3.98. The molecule has 0 aromatic rings. The highest BCUT2D eigenvalue weighted by atomic mass is 31.2. The van der Waals surface area contributed by atoms with Gasteiger partial charge >= 0.3 is 11.9 Å². The number of unbranched alkanes of at least 4 members (excludes halogenated alkanes) is 10. The van der Waals surface area contributed by atoms with Crippen molar-refractivity contribution >= 4 is 19.8 Å². The SMILES string of the molecule is CC/C=C\C/C=C\C/C=C\C/C=C\CCCCCCC(=O)OC(COC(=O)CCCCCCC/C=C\CCC)COP(=O)([O-])OCC[N+](C)(C)C. The highest BCUT2D eigenvalue weighted by Gasteiger charge is 2.21. The maximum Gasteiger partial charge on any atom is 0.306 e. The van der Waals surface area contributed by atoms with Gasteiger partial charge in [-0.3, -0.25) is 14.2 Å². The second kappa shape index (κ2) is 33.5. The second-order valence-electron chi connectivity index (χ2n) is 13.9. The van der Waals surface area contributed by atoms with E-state index < -0.39 is 32.5 Å². The third-order valence-corrected chi connectivity index (χ3v) is 8.72. The average Bonchev–Trinajstić information content (AvgIpc) is 3.07. The molecule has 9 nitrogen and oxygen atoms in total. The molecule has 0 radical (unpaired) electrons. The van der Waals surface area contributed by atoms with Crippen molar-refractivity contribution in [2.45, 2.75) is 142 Å². The summed E-state index contributed by atoms with van der Waals surface area (Å²) < 4.78 is 33.7. The summed E-state index contributed by atoms with van der Waals surface area (Å²) in [7, 11) is 1.13. The van der Waals surface area contributed by atoms with Crippen LogP contribution in [-0.4, -0.2) is 70.0 Å². The molecule has 0 heterocycles. The molecule has 2 atom stereocenters. The fraction of sp³-hybridized carbons (Fsp3) is 0.707. The standard InChI is InChI=1S/C41H72NO8P/c1-6-8-10-12-14-16-18-19-20-21-22-23-24-26-28-30-32-34-41(44)50-39(38-49-51(45,46)48-36-35-42(3,4)5)37-47-40(43)33-31-29-27-25-17-15-13-11-9-7-2/h8,10-11,13-14,16,19-20,22-23,39H,6-7,9,12,15,17-18,21,24-38H2,1-5H3/b10-8-,13-11-,16-14-,20-19-,23-22-. The van der Waals surface area contributed by atoms with E-state index in [2.05, 4.69) is 74.6 Å². The van der Waals surface area contributed by atoms with Gasteiger partial charge in [-0.05, 0) is 70.6 Å². The fourth-order valence-electron chi connectivity index (χ4n) is 4.70. The summed E-state index contributed by atoms with van der Waals surface area (Å²) in [6.07, 6.45) is 38.2. The van der Waals surface area contributed by atoms with E-state index in [9.17, 15) is 19.0 Å². The molecule has 0 aliphatic rings. The predicted octanol–water partition coefficient (Wildman–Crippen LogP) is 9.88. The normalized spacial score (nSPS) is 14.4. The molecule has 0 fully saturated rings. The Kier molecular flexibility index (Phi) is 32.0. The second-order valence-corrected chi connectivity index (χ2v) is 15.3. The van der Waals surface area contributed by atoms with E-state index in [1.54, 1.807) is 0 Å². The summed E-state index contributed by atoms with van der Waals surface area (Å²) in [4.78, 5) is 37.3. The molecule has 0 saturated heterocycles. The van der Waals surface area contributed by atoms with Crippen molar-refractivity contribution in [3.05, 3.63) is 60.8 Å². The van der Waals surface area contributed by atoms with Crippen molar-refractivity contribution in [1.29, 1.82) is 0 Å². The lowest BCUT2D eigenvalue weighted by Crippen LogP contribution is -2.37. The summed E-state index contributed by atoms with van der Waals surface area (Å²) in [5.74, 6) is -0.883. The van der Waals surface area contributed by atoms with Gasteiger partial charge in [0.2, 0.25) is 0 Å². The quantitative estimate of drug-likeness (QED) is 0.0211. The number of likely N-dealkylation sites (N-methyl/N-ethyl adjacent to an activating group) is 1. The molecule has 0 aliphatic carbocycles. The van der Waals surface area contributed by atoms with Gasteiger partial charge in [0.25, 0.3) is 7.82 Å². The van der Waals surface area contributed by atoms with Crippen LogP contribution in [0.3, 0.4) is 0 Å². The van der Waals surface area contributed by atoms with E-state index in [4.69, 9.17) is 18.5 Å². The number of carbonyl (C=O) groups is 2. The molecule has 2 unspecified atom stereocenters. The van der Waals surface area contributed by atoms with Crippen molar-refractivity contribution in [3.8, 4) is 0 Å². The topological polar surface area (TPSA) is 111 Å². The van der Waals surface area contributed by atoms with E-state index >= 15 is 0 Å². The molecule has 0 rings (SSSR count). The van der Waals surface area contributed by atoms with Crippen molar-refractivity contribution in [1.82, 2.24) is 0 Å². The zero-order valence-electron chi connectivity index (χ0n) is 32.8. The molecule has 0 spiro atoms. The van der Waals surface area contributed by atoms with E-state index in [1.807, 2.05) is 21.1 Å². The first kappa shape index (κ1) is 48.7. The molecule has 294 valence electrons. The first-order chi connectivity index (χ1) is 24.5. The predicted molar refractivity (Wildman–Crippen MR) is 208 cm³/mol. The van der Waals surface area contributed by atoms with Crippen LogP contribution >= 0.6 is 7.82 Å². The minimum absolute atomic E-state index is 0.0401. The molecular formula is C41H72NO8P. The third kappa shape index (κ3) is 37.3. The molecule has 0 aromatic carbocycles. The summed E-state index contributed by atoms with van der Waals surface area (Å²) in [5.41, 5.74) is 0. The Labute approximate surface area is 311 Å². The van der Waals surface area contributed by atoms with Gasteiger partial charge in [0.05, 0.1) is 27.7 Å². The number of nitrogens with zero attached hydrogens (tertiary/aromatic N) is 1. The van der Waals surface area contributed by atoms with Crippen LogP contribution in [0, 0.1) is 0 Å². The van der Waals surface area contributed by atoms with Gasteiger partial charge in [0, 0.05) is 12.8 Å². The molecule has 0 N–H and O–H groups in total. The van der Waals surface area contributed by atoms with Crippen LogP contribution in [0.1, 0.15) is 136 Å². The first-order valence-electron chi connectivity index (χ1n) is 19.5. The van der Waals surface area contributed by atoms with Crippen molar-refractivity contribution < 1.29 is 42.1 Å². The number of hydrogen-bond acceptors (Lipinski definition) is 8. The lowest BCUT2D eigenvalue weighted by Gasteiger charge is -2.28. The maximum atomic E-state index is 12.6. The number of esters is 2. The average molecular weight is 738 g/mol. The number of allylic oxidation sites excluding steroid dienone is 10. The molecule has 10 heteroatoms. The zero-order valence-corrected chi connectivity index (χ0v) is 33.7. The van der Waals surface area contributed by atoms with Crippen molar-refractivity contribution in [3.63, 3.8) is 0 Å². The van der Waals surface area contributed by atoms with E-state index in [0.717, 1.165) is 89.9 Å². The van der Waals surface area contributed by atoms with Crippen LogP contribution in [0.2, 0.25) is 0 Å². The van der Waals surface area contributed by atoms with Gasteiger partial charge in [-0.25, -0.2) is 0 Å². The fourth-order valence-corrected chi connectivity index (χ4v) is 5.43. The first-order valence-corrected chi connectivity index (χ1v) is 21.0. The van der Waals surface area contributed by atoms with E-state index in [-0.39, 0.29) is 26.1 Å². The molecule has 0 bridgehead atoms. The maximum absolute atomic E-state index is 12.6. The van der Waals surface area contributed by atoms with Gasteiger partial charge in [0.15, 0.2) is 6.10 Å². The Morgan fingerprint density at radius 2 is 1.12 bits per heavy atom. The number of hydrogen-bond donors (Lipinski definition) is 0. The Bertz CT molecular complexity index is 1060. The number of phosphoric acid groups is 1. The van der Waals surface area contributed by atoms with Gasteiger partial charge in [-0.1, -0.05) is 113 Å². The van der Waals surface area contributed by atoms with Gasteiger partial charge in [-0.2, -0.15) is 0 Å². The van der Waals surface area contributed by atoms with Crippen LogP contribution in [0.5, 0.6) is 0 Å². The van der Waals surface area contributed by atoms with Gasteiger partial charge in [-0.15, -0.1) is 0 Å². The summed E-state index contributed by atoms with van der Waals surface area (Å²) in [6, 6.07) is 0. The molecule has 0 aliphatic heterocycles. The third-order valence-electron chi connectivity index (χ3n) is 7.75. The largest absolute Gasteiger partial charge is 0.756 e. The van der Waals surface area contributed by atoms with Gasteiger partial charge < -0.3 is 27.9 Å². The summed E-state index contributed by atoms with van der Waals surface area (Å²) in [5, 5.41) is 0. The molecule has 0 aromatic heterocycles. The van der Waals surface area contributed by atoms with E-state index in [0.29, 0.717) is 23.9 Å². The Morgan fingerprint density at radius 1 is 0.627 bits per heavy atom. The van der Waals surface area contributed by atoms with Gasteiger partial charge in [0.1, 0.15) is 19.8 Å². The Morgan fingerprint density at radius 3 is 1.69 bits per heavy atom. The Balaban J connectivity index is 4.48. The highest BCUT2D eigenvalue weighted by molar-refractivity contribution is 7.45.